The van der Waals surface area contributed by atoms with Crippen molar-refractivity contribution in [2.24, 2.45) is 11.5 Å². The average molecular weight is 459 g/mol. The number of aliphatic carboxylic acids is 4. The maximum absolute atomic E-state index is 9.28. The van der Waals surface area contributed by atoms with Gasteiger partial charge in [0.25, 0.3) is 0 Å². The summed E-state index contributed by atoms with van der Waals surface area (Å²) in [7, 11) is 0. The SMILES string of the molecule is NCCN.O=C([O-])CC(=O)[O-].O=C([O-])CC(=O)[O-].[Pt+4]. The Labute approximate surface area is 122 Å². The molecule has 0 saturated heterocycles. The van der Waals surface area contributed by atoms with Crippen molar-refractivity contribution in [3.05, 3.63) is 0 Å². The number of nitrogens with two attached hydrogens (primary N) is 2. The van der Waals surface area contributed by atoms with Crippen molar-refractivity contribution in [3.63, 3.8) is 0 Å². The Kier molecular flexibility index (Phi) is 25.9. The fraction of sp³-hybridized carbons (Fsp3) is 0.500. The molecular weight excluding hydrogens is 447 g/mol. The van der Waals surface area contributed by atoms with Crippen molar-refractivity contribution >= 4 is 23.9 Å². The monoisotopic (exact) mass is 459 g/mol. The topological polar surface area (TPSA) is 213 Å². The molecule has 0 aromatic heterocycles. The zero-order valence-electron chi connectivity index (χ0n) is 9.57. The zero-order valence-corrected chi connectivity index (χ0v) is 11.8. The fourth-order valence-corrected chi connectivity index (χ4v) is 0.236. The molecule has 112 valence electrons. The van der Waals surface area contributed by atoms with E-state index in [1.165, 1.54) is 0 Å². The first kappa shape index (κ1) is 26.1. The summed E-state index contributed by atoms with van der Waals surface area (Å²) in [5.41, 5.74) is 9.81. The van der Waals surface area contributed by atoms with Crippen LogP contribution in [0.3, 0.4) is 0 Å². The zero-order chi connectivity index (χ0) is 15.1. The average Bonchev–Trinajstić information content (AvgIpc) is 2.14. The second-order valence-electron chi connectivity index (χ2n) is 2.42. The van der Waals surface area contributed by atoms with Crippen molar-refractivity contribution in [3.8, 4) is 0 Å². The van der Waals surface area contributed by atoms with E-state index in [0.29, 0.717) is 13.1 Å². The van der Waals surface area contributed by atoms with Crippen molar-refractivity contribution in [1.29, 1.82) is 0 Å². The second kappa shape index (κ2) is 18.8. The molecule has 4 N–H and O–H groups in total. The molecule has 0 amide bonds. The third kappa shape index (κ3) is 61.7. The van der Waals surface area contributed by atoms with E-state index in [-0.39, 0.29) is 21.1 Å². The molecule has 0 bridgehead atoms. The summed E-state index contributed by atoms with van der Waals surface area (Å²) in [6.07, 6.45) is -2.06. The Morgan fingerprint density at radius 3 is 0.789 bits per heavy atom. The van der Waals surface area contributed by atoms with Gasteiger partial charge in [-0.25, -0.2) is 0 Å². The summed E-state index contributed by atoms with van der Waals surface area (Å²) in [5, 5.41) is 37.1. The molecule has 0 rings (SSSR count). The van der Waals surface area contributed by atoms with E-state index in [1.807, 2.05) is 0 Å². The molecule has 0 radical (unpaired) electrons. The molecule has 11 heteroatoms. The van der Waals surface area contributed by atoms with Gasteiger partial charge in [0.05, 0.1) is 0 Å². The normalized spacial score (nSPS) is 7.47. The van der Waals surface area contributed by atoms with Gasteiger partial charge in [0, 0.05) is 49.8 Å². The van der Waals surface area contributed by atoms with Gasteiger partial charge in [-0.05, 0) is 0 Å². The Hall–Kier alpha value is -1.51. The van der Waals surface area contributed by atoms with E-state index in [0.717, 1.165) is 0 Å². The van der Waals surface area contributed by atoms with Crippen LogP contribution in [0, 0.1) is 0 Å². The molecule has 0 atom stereocenters. The molecule has 0 aliphatic heterocycles. The molecule has 19 heavy (non-hydrogen) atoms. The summed E-state index contributed by atoms with van der Waals surface area (Å²) in [5.74, 6) is -6.50. The first-order chi connectivity index (χ1) is 8.17. The standard InChI is InChI=1S/2C3H4O4.C2H8N2.Pt/c2*4-2(5)1-3(6)7;3-1-2-4;/h2*1H2,(H,4,5)(H,6,7);1-4H2;/q;;;+4/p-4. The second-order valence-corrected chi connectivity index (χ2v) is 2.42. The first-order valence-electron chi connectivity index (χ1n) is 4.36. The van der Waals surface area contributed by atoms with E-state index in [4.69, 9.17) is 11.5 Å². The largest absolute Gasteiger partial charge is 4.00 e. The van der Waals surface area contributed by atoms with E-state index >= 15 is 0 Å². The number of carboxylic acids is 4. The van der Waals surface area contributed by atoms with Crippen LogP contribution in [-0.4, -0.2) is 37.0 Å². The Bertz CT molecular complexity index is 232. The molecule has 0 aliphatic carbocycles. The van der Waals surface area contributed by atoms with Crippen LogP contribution in [0.1, 0.15) is 12.8 Å². The number of carbonyl (C=O) groups excluding carboxylic acids is 4. The van der Waals surface area contributed by atoms with Crippen LogP contribution in [-0.2, 0) is 40.2 Å². The summed E-state index contributed by atoms with van der Waals surface area (Å²) >= 11 is 0. The van der Waals surface area contributed by atoms with Crippen molar-refractivity contribution < 1.29 is 60.7 Å². The molecule has 0 unspecified atom stereocenters. The van der Waals surface area contributed by atoms with E-state index in [2.05, 4.69) is 0 Å². The minimum absolute atomic E-state index is 0. The van der Waals surface area contributed by atoms with E-state index in [1.54, 1.807) is 0 Å². The van der Waals surface area contributed by atoms with Crippen LogP contribution in [0.2, 0.25) is 0 Å². The third-order valence-electron chi connectivity index (χ3n) is 0.744. The predicted octanol–water partition coefficient (Wildman–Crippen LogP) is -7.35. The Balaban J connectivity index is -0.0000000900. The molecule has 10 nitrogen and oxygen atoms in total. The quantitative estimate of drug-likeness (QED) is 0.371. The van der Waals surface area contributed by atoms with Crippen molar-refractivity contribution in [2.75, 3.05) is 13.1 Å². The first-order valence-corrected chi connectivity index (χ1v) is 4.36. The number of rotatable bonds is 5. The molecule has 0 aliphatic rings. The van der Waals surface area contributed by atoms with Crippen molar-refractivity contribution in [1.82, 2.24) is 0 Å². The van der Waals surface area contributed by atoms with E-state index < -0.39 is 36.7 Å². The maximum atomic E-state index is 9.28. The third-order valence-corrected chi connectivity index (χ3v) is 0.744. The molecule has 0 spiro atoms. The maximum Gasteiger partial charge on any atom is 4.00 e. The molecule has 0 saturated carbocycles. The van der Waals surface area contributed by atoms with E-state index in [9.17, 15) is 39.6 Å². The van der Waals surface area contributed by atoms with Gasteiger partial charge >= 0.3 is 21.1 Å². The van der Waals surface area contributed by atoms with Gasteiger partial charge in [-0.15, -0.1) is 0 Å². The van der Waals surface area contributed by atoms with Gasteiger partial charge in [-0.3, -0.25) is 0 Å². The minimum Gasteiger partial charge on any atom is -0.550 e. The molecular formula is C8H12N2O8Pt. The van der Waals surface area contributed by atoms with Gasteiger partial charge in [-0.1, -0.05) is 0 Å². The molecule has 0 heterocycles. The van der Waals surface area contributed by atoms with Crippen LogP contribution in [0.15, 0.2) is 0 Å². The van der Waals surface area contributed by atoms with Crippen LogP contribution >= 0.6 is 0 Å². The van der Waals surface area contributed by atoms with Crippen LogP contribution in [0.4, 0.5) is 0 Å². The smallest absolute Gasteiger partial charge is 0.550 e. The predicted molar refractivity (Wildman–Crippen MR) is 47.4 cm³/mol. The van der Waals surface area contributed by atoms with Crippen LogP contribution in [0.25, 0.3) is 0 Å². The minimum atomic E-state index is -1.63. The number of carboxylic acid groups (broad SMARTS) is 4. The van der Waals surface area contributed by atoms with Gasteiger partial charge in [0.1, 0.15) is 0 Å². The van der Waals surface area contributed by atoms with Crippen LogP contribution < -0.4 is 31.9 Å². The van der Waals surface area contributed by atoms with Gasteiger partial charge in [-0.2, -0.15) is 0 Å². The van der Waals surface area contributed by atoms with Gasteiger partial charge in [0.15, 0.2) is 0 Å². The van der Waals surface area contributed by atoms with Crippen LogP contribution in [0.5, 0.6) is 0 Å². The van der Waals surface area contributed by atoms with Crippen molar-refractivity contribution in [2.45, 2.75) is 12.8 Å². The Morgan fingerprint density at radius 2 is 0.789 bits per heavy atom. The van der Waals surface area contributed by atoms with Gasteiger partial charge in [0.2, 0.25) is 0 Å². The molecule has 0 aromatic rings. The Morgan fingerprint density at radius 1 is 0.632 bits per heavy atom. The fourth-order valence-electron chi connectivity index (χ4n) is 0.236. The number of hydrogen-bond acceptors (Lipinski definition) is 10. The molecule has 0 fully saturated rings. The summed E-state index contributed by atoms with van der Waals surface area (Å²) in [4.78, 5) is 37.1. The summed E-state index contributed by atoms with van der Waals surface area (Å²) < 4.78 is 0. The van der Waals surface area contributed by atoms with Gasteiger partial charge < -0.3 is 51.1 Å². The number of carbonyl (C=O) groups is 4. The molecule has 0 aromatic carbocycles. The summed E-state index contributed by atoms with van der Waals surface area (Å²) in [6.45, 7) is 1.19. The number of hydrogen-bond donors (Lipinski definition) is 2. The summed E-state index contributed by atoms with van der Waals surface area (Å²) in [6, 6.07) is 0.